The number of hydrogen-bond donors (Lipinski definition) is 1. The molecule has 3 aromatic rings. The van der Waals surface area contributed by atoms with Crippen molar-refractivity contribution in [3.05, 3.63) is 95.1 Å². The summed E-state index contributed by atoms with van der Waals surface area (Å²) in [6.45, 7) is 2.38. The molecule has 0 aliphatic heterocycles. The fourth-order valence-electron chi connectivity index (χ4n) is 7.80. The van der Waals surface area contributed by atoms with Crippen LogP contribution in [-0.2, 0) is 6.42 Å². The summed E-state index contributed by atoms with van der Waals surface area (Å²) < 4.78 is 0. The zero-order valence-electron chi connectivity index (χ0n) is 20.2. The van der Waals surface area contributed by atoms with Crippen LogP contribution in [0.4, 0.5) is 0 Å². The topological polar surface area (TPSA) is 54.4 Å². The highest BCUT2D eigenvalue weighted by atomic mass is 16.4. The maximum absolute atomic E-state index is 13.8. The fourth-order valence-corrected chi connectivity index (χ4v) is 7.80. The number of carboxylic acid groups (broad SMARTS) is 1. The van der Waals surface area contributed by atoms with Crippen LogP contribution in [0.15, 0.2) is 72.8 Å². The normalized spacial score (nSPS) is 29.1. The van der Waals surface area contributed by atoms with Gasteiger partial charge in [0.1, 0.15) is 0 Å². The van der Waals surface area contributed by atoms with Gasteiger partial charge >= 0.3 is 5.97 Å². The Kier molecular flexibility index (Phi) is 5.40. The van der Waals surface area contributed by atoms with Gasteiger partial charge in [-0.15, -0.1) is 0 Å². The van der Waals surface area contributed by atoms with Crippen molar-refractivity contribution in [2.75, 3.05) is 0 Å². The average Bonchev–Trinajstić information content (AvgIpc) is 3.25. The molecule has 0 heterocycles. The Morgan fingerprint density at radius 3 is 2.29 bits per heavy atom. The molecule has 0 spiro atoms. The highest BCUT2D eigenvalue weighted by Gasteiger charge is 2.56. The minimum Gasteiger partial charge on any atom is -0.478 e. The monoisotopic (exact) mass is 464 g/mol. The van der Waals surface area contributed by atoms with Crippen molar-refractivity contribution < 1.29 is 14.7 Å². The lowest BCUT2D eigenvalue weighted by Crippen LogP contribution is -2.44. The number of carbonyl (C=O) groups excluding carboxylic acids is 1. The van der Waals surface area contributed by atoms with Gasteiger partial charge in [0.2, 0.25) is 0 Å². The first kappa shape index (κ1) is 22.3. The Hall–Kier alpha value is -3.20. The smallest absolute Gasteiger partial charge is 0.335 e. The minimum atomic E-state index is -0.847. The quantitative estimate of drug-likeness (QED) is 0.409. The fraction of sp³-hybridized carbons (Fsp3) is 0.375. The van der Waals surface area contributed by atoms with Crippen LogP contribution in [0, 0.1) is 23.2 Å². The van der Waals surface area contributed by atoms with Crippen LogP contribution >= 0.6 is 0 Å². The summed E-state index contributed by atoms with van der Waals surface area (Å²) in [5, 5.41) is 9.39. The average molecular weight is 465 g/mol. The summed E-state index contributed by atoms with van der Waals surface area (Å²) in [6, 6.07) is 24.2. The number of aryl methyl sites for hydroxylation is 1. The predicted octanol–water partition coefficient (Wildman–Crippen LogP) is 7.41. The van der Waals surface area contributed by atoms with Crippen LogP contribution in [-0.4, -0.2) is 16.9 Å². The lowest BCUT2D eigenvalue weighted by atomic mass is 9.53. The van der Waals surface area contributed by atoms with E-state index in [1.165, 1.54) is 16.7 Å². The van der Waals surface area contributed by atoms with E-state index in [2.05, 4.69) is 37.3 Å². The van der Waals surface area contributed by atoms with E-state index in [1.807, 2.05) is 36.4 Å². The maximum Gasteiger partial charge on any atom is 0.335 e. The molecule has 0 amide bonds. The molecule has 3 aliphatic carbocycles. The Bertz CT molecular complexity index is 1280. The number of aromatic carboxylic acids is 1. The van der Waals surface area contributed by atoms with E-state index < -0.39 is 5.97 Å². The van der Waals surface area contributed by atoms with Gasteiger partial charge in [0.15, 0.2) is 5.78 Å². The highest BCUT2D eigenvalue weighted by molar-refractivity contribution is 5.99. The highest BCUT2D eigenvalue weighted by Crippen LogP contribution is 2.63. The van der Waals surface area contributed by atoms with Crippen LogP contribution in [0.3, 0.4) is 0 Å². The molecule has 0 unspecified atom stereocenters. The van der Waals surface area contributed by atoms with Gasteiger partial charge < -0.3 is 5.11 Å². The van der Waals surface area contributed by atoms with Crippen molar-refractivity contribution in [1.29, 1.82) is 0 Å². The molecule has 35 heavy (non-hydrogen) atoms. The van der Waals surface area contributed by atoms with Crippen molar-refractivity contribution >= 4 is 11.8 Å². The standard InChI is InChI=1S/C32H32O3/c1-32-18-17-26-25-13-12-24(31(34)35)19-23(25)11-14-27(26)28(32)15-16-29(32)30(33)22-9-7-21(8-10-22)20-5-3-2-4-6-20/h2-10,12-13,19,26-29H,11,14-18H2,1H3,(H,34,35)/t26-,27-,28+,29-,32+/m1/s1. The first-order valence-corrected chi connectivity index (χ1v) is 13.0. The van der Waals surface area contributed by atoms with Crippen molar-refractivity contribution in [2.24, 2.45) is 23.2 Å². The van der Waals surface area contributed by atoms with Crippen LogP contribution in [0.25, 0.3) is 11.1 Å². The van der Waals surface area contributed by atoms with Crippen LogP contribution < -0.4 is 0 Å². The number of fused-ring (bicyclic) bond motifs is 5. The lowest BCUT2D eigenvalue weighted by molar-refractivity contribution is 0.0276. The lowest BCUT2D eigenvalue weighted by Gasteiger charge is -2.50. The second-order valence-corrected chi connectivity index (χ2v) is 11.1. The zero-order valence-corrected chi connectivity index (χ0v) is 20.2. The van der Waals surface area contributed by atoms with Gasteiger partial charge in [0.05, 0.1) is 5.56 Å². The second-order valence-electron chi connectivity index (χ2n) is 11.1. The largest absolute Gasteiger partial charge is 0.478 e. The van der Waals surface area contributed by atoms with Gasteiger partial charge in [-0.1, -0.05) is 67.6 Å². The number of rotatable bonds is 4. The number of ketones is 1. The van der Waals surface area contributed by atoms with Crippen molar-refractivity contribution in [3.63, 3.8) is 0 Å². The van der Waals surface area contributed by atoms with Crippen LogP contribution in [0.2, 0.25) is 0 Å². The Morgan fingerprint density at radius 1 is 0.829 bits per heavy atom. The molecule has 6 rings (SSSR count). The van der Waals surface area contributed by atoms with Gasteiger partial charge in [-0.25, -0.2) is 4.79 Å². The third-order valence-corrected chi connectivity index (χ3v) is 9.57. The van der Waals surface area contributed by atoms with Gasteiger partial charge in [-0.05, 0) is 96.1 Å². The number of carbonyl (C=O) groups is 2. The summed E-state index contributed by atoms with van der Waals surface area (Å²) >= 11 is 0. The molecule has 0 radical (unpaired) electrons. The molecular weight excluding hydrogens is 432 g/mol. The summed E-state index contributed by atoms with van der Waals surface area (Å²) in [5.74, 6) is 1.21. The minimum absolute atomic E-state index is 0.0505. The molecule has 3 nitrogen and oxygen atoms in total. The molecular formula is C32H32O3. The molecule has 3 aliphatic rings. The van der Waals surface area contributed by atoms with E-state index in [0.717, 1.165) is 49.7 Å². The van der Waals surface area contributed by atoms with E-state index in [1.54, 1.807) is 6.07 Å². The molecule has 5 atom stereocenters. The van der Waals surface area contributed by atoms with Crippen molar-refractivity contribution in [1.82, 2.24) is 0 Å². The molecule has 1 N–H and O–H groups in total. The van der Waals surface area contributed by atoms with Gasteiger partial charge in [0.25, 0.3) is 0 Å². The summed E-state index contributed by atoms with van der Waals surface area (Å²) in [7, 11) is 0. The first-order chi connectivity index (χ1) is 17.0. The van der Waals surface area contributed by atoms with E-state index in [4.69, 9.17) is 0 Å². The third-order valence-electron chi connectivity index (χ3n) is 9.57. The van der Waals surface area contributed by atoms with E-state index in [9.17, 15) is 14.7 Å². The molecule has 2 fully saturated rings. The van der Waals surface area contributed by atoms with E-state index in [-0.39, 0.29) is 11.3 Å². The Labute approximate surface area is 207 Å². The maximum atomic E-state index is 13.8. The van der Waals surface area contributed by atoms with E-state index >= 15 is 0 Å². The number of hydrogen-bond acceptors (Lipinski definition) is 2. The molecule has 3 aromatic carbocycles. The SMILES string of the molecule is C[C@]12CC[C@@H]3c4ccc(C(=O)O)cc4CC[C@H]3[C@@H]1CC[C@@H]2C(=O)c1ccc(-c2ccccc2)cc1. The van der Waals surface area contributed by atoms with Crippen LogP contribution in [0.5, 0.6) is 0 Å². The van der Waals surface area contributed by atoms with Crippen molar-refractivity contribution in [3.8, 4) is 11.1 Å². The number of carboxylic acids is 1. The van der Waals surface area contributed by atoms with Gasteiger partial charge in [0, 0.05) is 11.5 Å². The Balaban J connectivity index is 1.23. The predicted molar refractivity (Wildman–Crippen MR) is 138 cm³/mol. The molecule has 0 aromatic heterocycles. The second kappa shape index (κ2) is 8.48. The summed E-state index contributed by atoms with van der Waals surface area (Å²) in [5.41, 5.74) is 6.19. The molecule has 178 valence electrons. The number of benzene rings is 3. The van der Waals surface area contributed by atoms with Crippen molar-refractivity contribution in [2.45, 2.75) is 51.4 Å². The molecule has 2 saturated carbocycles. The molecule has 0 saturated heterocycles. The zero-order chi connectivity index (χ0) is 24.2. The summed E-state index contributed by atoms with van der Waals surface area (Å²) in [6.07, 6.45) is 6.32. The molecule has 3 heteroatoms. The molecule has 0 bridgehead atoms. The summed E-state index contributed by atoms with van der Waals surface area (Å²) in [4.78, 5) is 25.2. The van der Waals surface area contributed by atoms with E-state index in [0.29, 0.717) is 29.1 Å². The third kappa shape index (κ3) is 3.64. The van der Waals surface area contributed by atoms with Crippen LogP contribution in [0.1, 0.15) is 76.8 Å². The Morgan fingerprint density at radius 2 is 1.54 bits per heavy atom. The van der Waals surface area contributed by atoms with Gasteiger partial charge in [-0.2, -0.15) is 0 Å². The first-order valence-electron chi connectivity index (χ1n) is 13.0. The number of Topliss-reactive ketones (excluding diaryl/α,β-unsaturated/α-hetero) is 1. The van der Waals surface area contributed by atoms with Gasteiger partial charge in [-0.3, -0.25) is 4.79 Å².